The van der Waals surface area contributed by atoms with Crippen LogP contribution >= 0.6 is 0 Å². The Labute approximate surface area is 249 Å². The Morgan fingerprint density at radius 2 is 1.79 bits per heavy atom. The average molecular weight is 585 g/mol. The summed E-state index contributed by atoms with van der Waals surface area (Å²) >= 11 is 0. The van der Waals surface area contributed by atoms with Gasteiger partial charge in [0.25, 0.3) is 5.91 Å². The lowest BCUT2D eigenvalue weighted by Crippen LogP contribution is -2.37. The Morgan fingerprint density at radius 3 is 2.40 bits per heavy atom. The van der Waals surface area contributed by atoms with E-state index in [2.05, 4.69) is 10.6 Å². The first kappa shape index (κ1) is 34.7. The second kappa shape index (κ2) is 15.6. The van der Waals surface area contributed by atoms with Gasteiger partial charge in [-0.2, -0.15) is 0 Å². The summed E-state index contributed by atoms with van der Waals surface area (Å²) in [7, 11) is 3.83. The number of ether oxygens (including phenoxy) is 1. The van der Waals surface area contributed by atoms with Crippen LogP contribution in [0.3, 0.4) is 0 Å². The molecule has 1 aliphatic carbocycles. The van der Waals surface area contributed by atoms with Gasteiger partial charge >= 0.3 is 6.09 Å². The molecule has 0 fully saturated rings. The molecular formula is C32H48N4O6. The van der Waals surface area contributed by atoms with Crippen molar-refractivity contribution in [2.45, 2.75) is 73.3 Å². The molecular weight excluding hydrogens is 536 g/mol. The molecule has 10 nitrogen and oxygen atoms in total. The van der Waals surface area contributed by atoms with Gasteiger partial charge in [0.2, 0.25) is 11.6 Å². The molecule has 0 aromatic heterocycles. The molecule has 1 heterocycles. The summed E-state index contributed by atoms with van der Waals surface area (Å²) in [6.07, 6.45) is 5.07. The van der Waals surface area contributed by atoms with E-state index in [4.69, 9.17) is 10.5 Å². The van der Waals surface area contributed by atoms with Crippen LogP contribution in [0, 0.1) is 23.7 Å². The quantitative estimate of drug-likeness (QED) is 0.328. The minimum atomic E-state index is -0.895. The minimum Gasteiger partial charge on any atom is -0.442 e. The lowest BCUT2D eigenvalue weighted by molar-refractivity contribution is -0.125. The van der Waals surface area contributed by atoms with Gasteiger partial charge in [-0.1, -0.05) is 39.8 Å². The first-order valence-electron chi connectivity index (χ1n) is 14.7. The highest BCUT2D eigenvalue weighted by Crippen LogP contribution is 2.29. The van der Waals surface area contributed by atoms with Gasteiger partial charge in [-0.3, -0.25) is 19.2 Å². The highest BCUT2D eigenvalue weighted by atomic mass is 16.6. The van der Waals surface area contributed by atoms with Gasteiger partial charge in [0.05, 0.1) is 11.4 Å². The molecule has 2 aliphatic rings. The Bertz CT molecular complexity index is 1200. The Balaban J connectivity index is 2.49. The van der Waals surface area contributed by atoms with E-state index >= 15 is 0 Å². The molecule has 0 saturated carbocycles. The Morgan fingerprint density at radius 1 is 1.12 bits per heavy atom. The summed E-state index contributed by atoms with van der Waals surface area (Å²) in [4.78, 5) is 66.8. The number of hydrogen-bond donors (Lipinski definition) is 3. The smallest absolute Gasteiger partial charge is 0.405 e. The summed E-state index contributed by atoms with van der Waals surface area (Å²) in [5, 5.41) is 5.78. The van der Waals surface area contributed by atoms with Crippen LogP contribution in [0.1, 0.15) is 67.2 Å². The Kier molecular flexibility index (Phi) is 12.9. The zero-order chi connectivity index (χ0) is 31.7. The second-order valence-corrected chi connectivity index (χ2v) is 12.1. The van der Waals surface area contributed by atoms with Crippen molar-refractivity contribution in [2.75, 3.05) is 27.2 Å². The van der Waals surface area contributed by atoms with Gasteiger partial charge < -0.3 is 26.0 Å². The maximum Gasteiger partial charge on any atom is 0.405 e. The molecule has 232 valence electrons. The van der Waals surface area contributed by atoms with Gasteiger partial charge in [0.1, 0.15) is 11.9 Å². The number of hydrogen-bond acceptors (Lipinski definition) is 8. The van der Waals surface area contributed by atoms with Crippen molar-refractivity contribution < 1.29 is 28.7 Å². The zero-order valence-corrected chi connectivity index (χ0v) is 26.3. The number of nitrogens with one attached hydrogen (secondary N) is 2. The SMILES string of the molecule is C/C1=C/CCC(C)C(OC(N)=O)/C(C)=C\C(C)C(=O)C(C)CC(C)CC2=C(NCCN(C)C)C(=O)C=C(NC1=O)C2=O. The van der Waals surface area contributed by atoms with Crippen LogP contribution in [0.15, 0.2) is 46.3 Å². The van der Waals surface area contributed by atoms with Crippen molar-refractivity contribution in [3.05, 3.63) is 46.3 Å². The van der Waals surface area contributed by atoms with Crippen LogP contribution in [0.4, 0.5) is 4.79 Å². The molecule has 0 aromatic rings. The highest BCUT2D eigenvalue weighted by Gasteiger charge is 2.32. The third kappa shape index (κ3) is 9.79. The van der Waals surface area contributed by atoms with Crippen LogP contribution < -0.4 is 16.4 Å². The number of rotatable bonds is 5. The van der Waals surface area contributed by atoms with Crippen molar-refractivity contribution >= 4 is 29.4 Å². The van der Waals surface area contributed by atoms with Crippen molar-refractivity contribution in [2.24, 2.45) is 29.4 Å². The number of nitrogens with zero attached hydrogens (tertiary/aromatic N) is 1. The van der Waals surface area contributed by atoms with E-state index in [1.165, 1.54) is 6.08 Å². The molecule has 4 N–H and O–H groups in total. The topological polar surface area (TPSA) is 148 Å². The summed E-state index contributed by atoms with van der Waals surface area (Å²) < 4.78 is 5.44. The van der Waals surface area contributed by atoms with Gasteiger partial charge in [-0.15, -0.1) is 0 Å². The number of amides is 2. The third-order valence-electron chi connectivity index (χ3n) is 7.85. The highest BCUT2D eigenvalue weighted by molar-refractivity contribution is 6.23. The minimum absolute atomic E-state index is 0.0281. The number of nitrogens with two attached hydrogens (primary N) is 1. The van der Waals surface area contributed by atoms with E-state index in [0.717, 1.165) is 5.57 Å². The summed E-state index contributed by atoms with van der Waals surface area (Å²) in [6, 6.07) is 0. The molecule has 10 heteroatoms. The molecule has 1 aliphatic heterocycles. The molecule has 0 saturated heterocycles. The first-order valence-corrected chi connectivity index (χ1v) is 14.7. The van der Waals surface area contributed by atoms with Gasteiger partial charge in [-0.05, 0) is 71.0 Å². The molecule has 2 rings (SSSR count). The molecule has 42 heavy (non-hydrogen) atoms. The largest absolute Gasteiger partial charge is 0.442 e. The summed E-state index contributed by atoms with van der Waals surface area (Å²) in [5.74, 6) is -2.23. The molecule has 0 spiro atoms. The van der Waals surface area contributed by atoms with E-state index in [9.17, 15) is 24.0 Å². The van der Waals surface area contributed by atoms with Crippen molar-refractivity contribution in [1.82, 2.24) is 15.5 Å². The molecule has 2 amide bonds. The van der Waals surface area contributed by atoms with Crippen LogP contribution in [-0.4, -0.2) is 67.5 Å². The fourth-order valence-electron chi connectivity index (χ4n) is 5.56. The summed E-state index contributed by atoms with van der Waals surface area (Å²) in [5.41, 5.74) is 6.98. The van der Waals surface area contributed by atoms with Gasteiger partial charge in [-0.25, -0.2) is 4.79 Å². The fourth-order valence-corrected chi connectivity index (χ4v) is 5.56. The van der Waals surface area contributed by atoms with Crippen molar-refractivity contribution in [3.8, 4) is 0 Å². The molecule has 5 atom stereocenters. The number of carbonyl (C=O) groups is 5. The number of Topliss-reactive ketones (excluding diaryl/α,β-unsaturated/α-hetero) is 2. The van der Waals surface area contributed by atoms with Crippen molar-refractivity contribution in [3.63, 3.8) is 0 Å². The molecule has 0 radical (unpaired) electrons. The van der Waals surface area contributed by atoms with E-state index in [-0.39, 0.29) is 47.1 Å². The normalized spacial score (nSPS) is 29.7. The predicted octanol–water partition coefficient (Wildman–Crippen LogP) is 3.59. The van der Waals surface area contributed by atoms with Crippen LogP contribution in [0.5, 0.6) is 0 Å². The second-order valence-electron chi connectivity index (χ2n) is 12.1. The lowest BCUT2D eigenvalue weighted by atomic mass is 9.82. The van der Waals surface area contributed by atoms with E-state index < -0.39 is 29.8 Å². The van der Waals surface area contributed by atoms with E-state index in [0.29, 0.717) is 43.5 Å². The van der Waals surface area contributed by atoms with Crippen molar-refractivity contribution in [1.29, 1.82) is 0 Å². The first-order chi connectivity index (χ1) is 19.6. The predicted molar refractivity (Wildman–Crippen MR) is 162 cm³/mol. The lowest BCUT2D eigenvalue weighted by Gasteiger charge is -2.26. The van der Waals surface area contributed by atoms with E-state index in [1.54, 1.807) is 13.0 Å². The molecule has 2 bridgehead atoms. The number of fused-ring (bicyclic) bond motifs is 2. The third-order valence-corrected chi connectivity index (χ3v) is 7.85. The number of allylic oxidation sites excluding steroid dienone is 4. The Hall–Kier alpha value is -3.53. The number of ketones is 3. The molecule has 0 aromatic carbocycles. The fraction of sp³-hybridized carbons (Fsp3) is 0.594. The number of primary amides is 1. The van der Waals surface area contributed by atoms with Gasteiger partial charge in [0.15, 0.2) is 0 Å². The molecule has 5 unspecified atom stereocenters. The van der Waals surface area contributed by atoms with E-state index in [1.807, 2.05) is 59.7 Å². The van der Waals surface area contributed by atoms with Gasteiger partial charge in [0, 0.05) is 42.1 Å². The average Bonchev–Trinajstić information content (AvgIpc) is 2.89. The number of carbonyl (C=O) groups excluding carboxylic acids is 5. The van der Waals surface area contributed by atoms with Crippen LogP contribution in [0.2, 0.25) is 0 Å². The summed E-state index contributed by atoms with van der Waals surface area (Å²) in [6.45, 7) is 12.1. The number of likely N-dealkylation sites (N-methyl/N-ethyl adjacent to an activating group) is 1. The van der Waals surface area contributed by atoms with Crippen LogP contribution in [0.25, 0.3) is 0 Å². The standard InChI is InChI=1S/C32H48N4O6/c1-18-14-21(4)28(38)22(5)16-23(6)30(42-32(33)41)19(2)10-9-11-20(3)31(40)35-25-17-26(37)27(24(15-18)29(25)39)34-12-13-36(7)8/h11,16-19,21-22,30,34H,9-10,12-15H2,1-8H3,(H2,33,41)(H,35,40)/b20-11-,23-16-. The van der Waals surface area contributed by atoms with Crippen LogP contribution in [-0.2, 0) is 23.9 Å². The maximum absolute atomic E-state index is 13.6. The monoisotopic (exact) mass is 584 g/mol. The maximum atomic E-state index is 13.6. The zero-order valence-electron chi connectivity index (χ0n) is 26.3.